The molecule has 4 N–H and O–H groups in total. The molecule has 3 fully saturated rings. The van der Waals surface area contributed by atoms with E-state index in [2.05, 4.69) is 10.6 Å². The lowest BCUT2D eigenvalue weighted by Gasteiger charge is -2.41. The van der Waals surface area contributed by atoms with Crippen molar-refractivity contribution >= 4 is 53.0 Å². The smallest absolute Gasteiger partial charge is 0.409 e. The largest absolute Gasteiger partial charge is 0.495 e. The number of amides is 4. The predicted molar refractivity (Wildman–Crippen MR) is 254 cm³/mol. The maximum atomic E-state index is 14.4. The number of methoxy groups -OCH3 is 2. The van der Waals surface area contributed by atoms with E-state index in [4.69, 9.17) is 49.9 Å². The molecule has 3 heterocycles. The first kappa shape index (κ1) is 57.0. The molecule has 69 heavy (non-hydrogen) atoms. The highest BCUT2D eigenvalue weighted by Crippen LogP contribution is 2.49. The number of likely N-dealkylation sites (N-methyl/N-ethyl adjacent to an activating group) is 1. The number of nitrogens with zero attached hydrogens (tertiary/aromatic N) is 3. The van der Waals surface area contributed by atoms with Crippen LogP contribution in [-0.2, 0) is 58.8 Å². The second kappa shape index (κ2) is 26.0. The monoisotopic (exact) mass is 995 g/mol. The number of hydrogen-bond donors (Lipinski definition) is 4. The minimum atomic E-state index is -1.75. The molecule has 3 aliphatic rings. The molecule has 3 aliphatic heterocycles. The van der Waals surface area contributed by atoms with Gasteiger partial charge >= 0.3 is 18.0 Å². The highest BCUT2D eigenvalue weighted by molar-refractivity contribution is 6.35. The summed E-state index contributed by atoms with van der Waals surface area (Å²) < 4.78 is 39.9. The summed E-state index contributed by atoms with van der Waals surface area (Å²) in [6, 6.07) is 2.38. The number of carbonyl (C=O) groups is 6. The number of hydrogen-bond acceptors (Lipinski definition) is 15. The predicted octanol–water partition coefficient (Wildman–Crippen LogP) is 3.85. The van der Waals surface area contributed by atoms with Gasteiger partial charge in [0.15, 0.2) is 5.72 Å². The van der Waals surface area contributed by atoms with Gasteiger partial charge < -0.3 is 63.4 Å². The van der Waals surface area contributed by atoms with Crippen LogP contribution in [0.2, 0.25) is 5.02 Å². The molecule has 0 spiro atoms. The number of ether oxygens (including phenoxy) is 7. The second-order valence-electron chi connectivity index (χ2n) is 18.3. The molecule has 4 rings (SSSR count). The number of aliphatic carboxylic acids is 1. The molecule has 21 heteroatoms. The van der Waals surface area contributed by atoms with E-state index in [0.29, 0.717) is 17.9 Å². The van der Waals surface area contributed by atoms with Crippen molar-refractivity contribution in [2.24, 2.45) is 5.92 Å². The number of benzene rings is 1. The maximum absolute atomic E-state index is 14.4. The van der Waals surface area contributed by atoms with E-state index >= 15 is 0 Å². The van der Waals surface area contributed by atoms with Crippen molar-refractivity contribution in [3.63, 3.8) is 0 Å². The highest BCUT2D eigenvalue weighted by atomic mass is 35.5. The first-order valence-electron chi connectivity index (χ1n) is 23.6. The van der Waals surface area contributed by atoms with Gasteiger partial charge in [-0.1, -0.05) is 30.2 Å². The Kier molecular flexibility index (Phi) is 21.5. The van der Waals surface area contributed by atoms with Gasteiger partial charge in [-0.15, -0.1) is 0 Å². The highest BCUT2D eigenvalue weighted by Gasteiger charge is 2.64. The van der Waals surface area contributed by atoms with Gasteiger partial charge in [0.1, 0.15) is 40.7 Å². The Balaban J connectivity index is 1.50. The van der Waals surface area contributed by atoms with Crippen molar-refractivity contribution in [3.8, 4) is 5.75 Å². The number of esters is 1. The third-order valence-electron chi connectivity index (χ3n) is 13.6. The molecule has 0 bridgehead atoms. The lowest BCUT2D eigenvalue weighted by molar-refractivity contribution is -0.162. The molecule has 8 atom stereocenters. The van der Waals surface area contributed by atoms with Crippen LogP contribution in [0, 0.1) is 5.92 Å². The topological polar surface area (TPSA) is 245 Å². The van der Waals surface area contributed by atoms with Crippen LogP contribution in [0.5, 0.6) is 5.75 Å². The molecular formula is C48H74ClN5O15. The van der Waals surface area contributed by atoms with E-state index in [1.54, 1.807) is 44.9 Å². The van der Waals surface area contributed by atoms with Crippen LogP contribution in [0.15, 0.2) is 23.8 Å². The lowest BCUT2D eigenvalue weighted by atomic mass is 9.84. The third kappa shape index (κ3) is 15.5. The number of halogens is 1. The molecule has 3 saturated heterocycles. The van der Waals surface area contributed by atoms with E-state index < -0.39 is 77.5 Å². The van der Waals surface area contributed by atoms with Gasteiger partial charge in [0.25, 0.3) is 0 Å². The van der Waals surface area contributed by atoms with E-state index in [1.807, 2.05) is 19.9 Å². The number of rotatable bonds is 27. The van der Waals surface area contributed by atoms with Gasteiger partial charge in [0.2, 0.25) is 17.7 Å². The summed E-state index contributed by atoms with van der Waals surface area (Å²) in [6.45, 7) is 12.9. The Bertz CT molecular complexity index is 1990. The summed E-state index contributed by atoms with van der Waals surface area (Å²) in [5, 5.41) is 26.0. The Morgan fingerprint density at radius 1 is 0.971 bits per heavy atom. The summed E-state index contributed by atoms with van der Waals surface area (Å²) in [4.78, 5) is 83.6. The first-order chi connectivity index (χ1) is 32.6. The average molecular weight is 997 g/mol. The van der Waals surface area contributed by atoms with Gasteiger partial charge in [-0.3, -0.25) is 24.5 Å². The van der Waals surface area contributed by atoms with Crippen LogP contribution in [0.4, 0.5) is 10.5 Å². The molecule has 388 valence electrons. The van der Waals surface area contributed by atoms with Crippen molar-refractivity contribution in [2.45, 2.75) is 141 Å². The number of allylic oxidation sites excluding steroid dienone is 2. The molecule has 0 saturated carbocycles. The Morgan fingerprint density at radius 3 is 2.25 bits per heavy atom. The zero-order valence-corrected chi connectivity index (χ0v) is 42.6. The van der Waals surface area contributed by atoms with Crippen molar-refractivity contribution in [2.75, 3.05) is 79.3 Å². The fourth-order valence-electron chi connectivity index (χ4n) is 8.59. The van der Waals surface area contributed by atoms with Crippen molar-refractivity contribution in [1.82, 2.24) is 20.4 Å². The Labute approximate surface area is 410 Å². The number of carbonyl (C=O) groups excluding carboxylic acids is 5. The summed E-state index contributed by atoms with van der Waals surface area (Å²) in [7, 11) is 5.88. The number of piperidine rings is 1. The van der Waals surface area contributed by atoms with Crippen LogP contribution in [0.25, 0.3) is 0 Å². The zero-order valence-electron chi connectivity index (χ0n) is 41.8. The minimum absolute atomic E-state index is 0.0524. The van der Waals surface area contributed by atoms with Crippen molar-refractivity contribution in [1.29, 1.82) is 0 Å². The summed E-state index contributed by atoms with van der Waals surface area (Å²) in [5.74, 6) is -3.20. The number of nitrogens with one attached hydrogen (secondary N) is 2. The van der Waals surface area contributed by atoms with Crippen LogP contribution >= 0.6 is 11.6 Å². The van der Waals surface area contributed by atoms with E-state index in [0.717, 1.165) is 37.1 Å². The number of epoxide rings is 1. The molecule has 4 amide bonds. The van der Waals surface area contributed by atoms with E-state index in [9.17, 15) is 33.9 Å². The second-order valence-corrected chi connectivity index (χ2v) is 18.7. The van der Waals surface area contributed by atoms with Gasteiger partial charge in [-0.2, -0.15) is 0 Å². The number of carboxylic acids is 1. The molecule has 0 radical (unpaired) electrons. The molecule has 0 aromatic heterocycles. The number of anilines is 1. The van der Waals surface area contributed by atoms with Gasteiger partial charge in [0, 0.05) is 59.0 Å². The lowest BCUT2D eigenvalue weighted by Crippen LogP contribution is -2.63. The van der Waals surface area contributed by atoms with Crippen LogP contribution in [0.3, 0.4) is 0 Å². The molecule has 1 aromatic carbocycles. The standard InChI is InChI=1S/C48H74ClN5O15/c1-11-29(2)24-33-25-35(43(49)36(26-33)64-10)53(8)41(57)27-38(47(6)44(69-47)30(3)37-28-48(62,32(5)63-9)51-46(61)67-37)68-45(60)31(4)52(7)39(55)12-13-40(56)54(34-14-17-50-18-15-34)19-21-66-23-22-65-20-16-42(58)59/h11,25-26,30-32,34,37-38,44,50,62H,12-24,27-28H2,1-10H3,(H,51,61)(H,58,59)/b29-11+/t30-,31+,32-,37+,38+,44?,47+,48+/m1/s1. The Hall–Kier alpha value is -4.57. The summed E-state index contributed by atoms with van der Waals surface area (Å²) in [6.07, 6.45) is -1.32. The number of aliphatic hydroxyl groups is 1. The van der Waals surface area contributed by atoms with Crippen molar-refractivity contribution in [3.05, 3.63) is 34.4 Å². The van der Waals surface area contributed by atoms with E-state index in [1.165, 1.54) is 38.0 Å². The molecule has 1 unspecified atom stereocenters. The number of cyclic esters (lactones) is 1. The number of alkyl carbamates (subject to hydrolysis) is 1. The van der Waals surface area contributed by atoms with Gasteiger partial charge in [-0.05, 0) is 84.7 Å². The average Bonchev–Trinajstić information content (AvgIpc) is 4.03. The van der Waals surface area contributed by atoms with E-state index in [-0.39, 0.29) is 82.0 Å². The van der Waals surface area contributed by atoms with Gasteiger partial charge in [-0.25, -0.2) is 9.59 Å². The van der Waals surface area contributed by atoms with Crippen molar-refractivity contribution < 1.29 is 72.1 Å². The maximum Gasteiger partial charge on any atom is 0.409 e. The Morgan fingerprint density at radius 2 is 1.62 bits per heavy atom. The summed E-state index contributed by atoms with van der Waals surface area (Å²) in [5.41, 5.74) is -0.757. The SMILES string of the molecule is C/C=C(\C)Cc1cc(OC)c(Cl)c(N(C)C(=O)C[C@H](OC(=O)[C@H](C)N(C)C(=O)CCC(=O)N(CCOCCOCCC(=O)O)C2CCNCC2)[C@]2(C)OC2[C@H](C)[C@@H]2C[C@](O)([C@@H](C)OC)NC(=O)O2)c1. The minimum Gasteiger partial charge on any atom is -0.495 e. The molecule has 1 aromatic rings. The molecule has 20 nitrogen and oxygen atoms in total. The van der Waals surface area contributed by atoms with Crippen LogP contribution < -0.4 is 20.3 Å². The number of carboxylic acid groups (broad SMARTS) is 1. The first-order valence-corrected chi connectivity index (χ1v) is 24.0. The zero-order chi connectivity index (χ0) is 51.2. The summed E-state index contributed by atoms with van der Waals surface area (Å²) >= 11 is 6.79. The fraction of sp³-hybridized carbons (Fsp3) is 0.708. The van der Waals surface area contributed by atoms with Crippen LogP contribution in [-0.4, -0.2) is 178 Å². The third-order valence-corrected chi connectivity index (χ3v) is 14.0. The molecule has 0 aliphatic carbocycles. The quantitative estimate of drug-likeness (QED) is 0.0423. The van der Waals surface area contributed by atoms with Gasteiger partial charge in [0.05, 0.1) is 58.2 Å². The molecular weight excluding hydrogens is 922 g/mol. The van der Waals surface area contributed by atoms with Crippen LogP contribution in [0.1, 0.15) is 92.1 Å². The normalized spacial score (nSPS) is 23.4. The fourth-order valence-corrected chi connectivity index (χ4v) is 8.90.